The van der Waals surface area contributed by atoms with E-state index in [2.05, 4.69) is 10.5 Å². The molecule has 3 rings (SSSR count). The number of rotatable bonds is 4. The second-order valence-corrected chi connectivity index (χ2v) is 8.59. The maximum Gasteiger partial charge on any atom is 0.244 e. The molecule has 1 amide bonds. The summed E-state index contributed by atoms with van der Waals surface area (Å²) in [5.74, 6) is -0.446. The number of amides is 1. The highest BCUT2D eigenvalue weighted by atomic mass is 32.2. The van der Waals surface area contributed by atoms with Crippen LogP contribution in [0.4, 0.5) is 5.88 Å². The minimum Gasteiger partial charge on any atom is -0.338 e. The molecule has 0 bridgehead atoms. The summed E-state index contributed by atoms with van der Waals surface area (Å²) >= 11 is 0. The summed E-state index contributed by atoms with van der Waals surface area (Å²) in [6.45, 7) is 3.14. The topological polar surface area (TPSA) is 89.3 Å². The minimum absolute atomic E-state index is 0.156. The molecule has 6 nitrogen and oxygen atoms in total. The van der Waals surface area contributed by atoms with Crippen molar-refractivity contribution in [2.75, 3.05) is 5.32 Å². The van der Waals surface area contributed by atoms with Crippen molar-refractivity contribution in [3.8, 4) is 0 Å². The average molecular weight is 348 g/mol. The molecular formula is C17H20N2O4S. The molecule has 0 fully saturated rings. The number of anilines is 1. The Kier molecular flexibility index (Phi) is 4.45. The van der Waals surface area contributed by atoms with Gasteiger partial charge in [-0.3, -0.25) is 10.1 Å². The molecule has 0 spiro atoms. The number of nitrogens with zero attached hydrogens (tertiary/aromatic N) is 1. The molecule has 128 valence electrons. The van der Waals surface area contributed by atoms with Crippen molar-refractivity contribution in [2.45, 2.75) is 43.6 Å². The normalized spacial score (nSPS) is 18.7. The number of hydrogen-bond donors (Lipinski definition) is 1. The van der Waals surface area contributed by atoms with E-state index in [1.807, 2.05) is 24.3 Å². The number of hydrogen-bond acceptors (Lipinski definition) is 5. The van der Waals surface area contributed by atoms with E-state index in [0.717, 1.165) is 24.0 Å². The van der Waals surface area contributed by atoms with Crippen molar-refractivity contribution < 1.29 is 17.7 Å². The Hall–Kier alpha value is -2.15. The Morgan fingerprint density at radius 3 is 2.83 bits per heavy atom. The summed E-state index contributed by atoms with van der Waals surface area (Å²) in [7, 11) is -3.66. The number of fused-ring (bicyclic) bond motifs is 1. The van der Waals surface area contributed by atoms with Gasteiger partial charge in [0.2, 0.25) is 11.8 Å². The standard InChI is InChI=1S/C17H20N2O4S/c1-11-10-16(23-19-11)18-17(20)12(2)24(21,22)15-9-5-7-13-6-3-4-8-14(13)15/h3-4,6,8,10,12,15H,5,7,9H2,1-2H3,(H,18,20)/t12-,15-/m0/s1. The number of benzene rings is 1. The fraction of sp³-hybridized carbons (Fsp3) is 0.412. The van der Waals surface area contributed by atoms with E-state index in [1.54, 1.807) is 13.0 Å². The van der Waals surface area contributed by atoms with Gasteiger partial charge in [-0.2, -0.15) is 0 Å². The second-order valence-electron chi connectivity index (χ2n) is 6.13. The maximum atomic E-state index is 13.0. The molecular weight excluding hydrogens is 328 g/mol. The molecule has 1 N–H and O–H groups in total. The summed E-state index contributed by atoms with van der Waals surface area (Å²) < 4.78 is 30.9. The number of aromatic nitrogens is 1. The van der Waals surface area contributed by atoms with Gasteiger partial charge in [-0.05, 0) is 44.2 Å². The zero-order chi connectivity index (χ0) is 17.3. The largest absolute Gasteiger partial charge is 0.338 e. The summed E-state index contributed by atoms with van der Waals surface area (Å²) in [4.78, 5) is 12.3. The molecule has 0 unspecified atom stereocenters. The van der Waals surface area contributed by atoms with Crippen molar-refractivity contribution in [3.63, 3.8) is 0 Å². The molecule has 1 heterocycles. The fourth-order valence-electron chi connectivity index (χ4n) is 3.09. The molecule has 0 saturated heterocycles. The zero-order valence-corrected chi connectivity index (χ0v) is 14.5. The maximum absolute atomic E-state index is 13.0. The van der Waals surface area contributed by atoms with Crippen molar-refractivity contribution in [3.05, 3.63) is 47.2 Å². The van der Waals surface area contributed by atoms with E-state index in [-0.39, 0.29) is 5.88 Å². The molecule has 24 heavy (non-hydrogen) atoms. The smallest absolute Gasteiger partial charge is 0.244 e. The first kappa shape index (κ1) is 16.7. The summed E-state index contributed by atoms with van der Waals surface area (Å²) in [5.41, 5.74) is 2.48. The Bertz CT molecular complexity index is 857. The highest BCUT2D eigenvalue weighted by Crippen LogP contribution is 2.37. The van der Waals surface area contributed by atoms with Gasteiger partial charge in [0.05, 0.1) is 10.9 Å². The Morgan fingerprint density at radius 1 is 1.38 bits per heavy atom. The average Bonchev–Trinajstić information content (AvgIpc) is 2.98. The number of aryl methyl sites for hydroxylation is 2. The van der Waals surface area contributed by atoms with Crippen LogP contribution in [0, 0.1) is 6.92 Å². The van der Waals surface area contributed by atoms with E-state index in [0.29, 0.717) is 12.1 Å². The van der Waals surface area contributed by atoms with Gasteiger partial charge in [-0.15, -0.1) is 0 Å². The minimum atomic E-state index is -3.66. The van der Waals surface area contributed by atoms with E-state index in [1.165, 1.54) is 6.92 Å². The molecule has 0 saturated carbocycles. The first-order valence-electron chi connectivity index (χ1n) is 7.94. The zero-order valence-electron chi connectivity index (χ0n) is 13.7. The van der Waals surface area contributed by atoms with E-state index in [9.17, 15) is 13.2 Å². The van der Waals surface area contributed by atoms with Gasteiger partial charge in [-0.25, -0.2) is 8.42 Å². The van der Waals surface area contributed by atoms with Gasteiger partial charge in [-0.1, -0.05) is 29.4 Å². The van der Waals surface area contributed by atoms with Crippen LogP contribution in [0.15, 0.2) is 34.9 Å². The van der Waals surface area contributed by atoms with Crippen LogP contribution in [-0.4, -0.2) is 24.7 Å². The highest BCUT2D eigenvalue weighted by molar-refractivity contribution is 7.93. The van der Waals surface area contributed by atoms with E-state index >= 15 is 0 Å². The van der Waals surface area contributed by atoms with Crippen LogP contribution in [-0.2, 0) is 21.1 Å². The third-order valence-corrected chi connectivity index (χ3v) is 6.93. The van der Waals surface area contributed by atoms with Gasteiger partial charge < -0.3 is 4.52 Å². The SMILES string of the molecule is Cc1cc(NC(=O)[C@H](C)S(=O)(=O)[C@H]2CCCc3ccccc32)on1. The first-order chi connectivity index (χ1) is 11.4. The Balaban J connectivity index is 1.84. The van der Waals surface area contributed by atoms with Crippen LogP contribution in [0.1, 0.15) is 41.8 Å². The lowest BCUT2D eigenvalue weighted by Crippen LogP contribution is -2.36. The van der Waals surface area contributed by atoms with Crippen LogP contribution in [0.25, 0.3) is 0 Å². The lowest BCUT2D eigenvalue weighted by Gasteiger charge is -2.27. The molecule has 0 radical (unpaired) electrons. The Labute approximate surface area is 141 Å². The first-order valence-corrected chi connectivity index (χ1v) is 9.55. The number of sulfone groups is 1. The van der Waals surface area contributed by atoms with Gasteiger partial charge >= 0.3 is 0 Å². The van der Waals surface area contributed by atoms with Crippen molar-refractivity contribution in [1.82, 2.24) is 5.16 Å². The van der Waals surface area contributed by atoms with Crippen LogP contribution >= 0.6 is 0 Å². The molecule has 1 aromatic heterocycles. The van der Waals surface area contributed by atoms with Gasteiger partial charge in [0.25, 0.3) is 0 Å². The quantitative estimate of drug-likeness (QED) is 0.918. The number of nitrogens with one attached hydrogen (secondary N) is 1. The predicted octanol–water partition coefficient (Wildman–Crippen LogP) is 2.80. The summed E-state index contributed by atoms with van der Waals surface area (Å²) in [6, 6.07) is 9.11. The summed E-state index contributed by atoms with van der Waals surface area (Å²) in [5, 5.41) is 4.35. The third kappa shape index (κ3) is 3.08. The van der Waals surface area contributed by atoms with E-state index in [4.69, 9.17) is 4.52 Å². The molecule has 1 aromatic carbocycles. The third-order valence-electron chi connectivity index (χ3n) is 4.45. The molecule has 2 aromatic rings. The number of carbonyl (C=O) groups is 1. The monoisotopic (exact) mass is 348 g/mol. The van der Waals surface area contributed by atoms with Gasteiger partial charge in [0.1, 0.15) is 5.25 Å². The van der Waals surface area contributed by atoms with Crippen LogP contribution in [0.3, 0.4) is 0 Å². The highest BCUT2D eigenvalue weighted by Gasteiger charge is 2.38. The summed E-state index contributed by atoms with van der Waals surface area (Å²) in [6.07, 6.45) is 2.22. The van der Waals surface area contributed by atoms with Crippen LogP contribution in [0.2, 0.25) is 0 Å². The predicted molar refractivity (Wildman–Crippen MR) is 90.4 cm³/mol. The van der Waals surface area contributed by atoms with Gasteiger partial charge in [0.15, 0.2) is 9.84 Å². The second kappa shape index (κ2) is 6.39. The molecule has 7 heteroatoms. The fourth-order valence-corrected chi connectivity index (χ4v) is 5.02. The van der Waals surface area contributed by atoms with Gasteiger partial charge in [0, 0.05) is 6.07 Å². The lowest BCUT2D eigenvalue weighted by molar-refractivity contribution is -0.115. The van der Waals surface area contributed by atoms with Crippen LogP contribution in [0.5, 0.6) is 0 Å². The molecule has 2 atom stereocenters. The lowest BCUT2D eigenvalue weighted by atomic mass is 9.91. The number of carbonyl (C=O) groups excluding carboxylic acids is 1. The molecule has 1 aliphatic carbocycles. The Morgan fingerprint density at radius 2 is 2.12 bits per heavy atom. The van der Waals surface area contributed by atoms with E-state index < -0.39 is 26.2 Å². The van der Waals surface area contributed by atoms with Crippen molar-refractivity contribution in [1.29, 1.82) is 0 Å². The van der Waals surface area contributed by atoms with Crippen LogP contribution < -0.4 is 5.32 Å². The molecule has 0 aliphatic heterocycles. The van der Waals surface area contributed by atoms with Crippen molar-refractivity contribution >= 4 is 21.6 Å². The van der Waals surface area contributed by atoms with Crippen molar-refractivity contribution in [2.24, 2.45) is 0 Å². The molecule has 1 aliphatic rings.